The van der Waals surface area contributed by atoms with Crippen molar-refractivity contribution in [2.24, 2.45) is 0 Å². The summed E-state index contributed by atoms with van der Waals surface area (Å²) in [4.78, 5) is 11.8. The molecule has 0 aliphatic rings. The van der Waals surface area contributed by atoms with E-state index < -0.39 is 0 Å². The standard InChI is InChI=1S/C44H88O9/c1-3-5-7-9-11-13-14-15-16-17-18-19-21-23-25-27-29-46-30-31-47-32-33-48-34-35-49-36-37-50-38-39-51-40-41-52-42-43-53-44(45)28-26-24-22-20-12-10-8-6-4-2/h3-43H2,1-2H3. The van der Waals surface area contributed by atoms with Crippen molar-refractivity contribution in [2.45, 2.75) is 181 Å². The summed E-state index contributed by atoms with van der Waals surface area (Å²) in [6.07, 6.45) is 33.9. The molecule has 0 saturated carbocycles. The molecule has 0 heterocycles. The van der Waals surface area contributed by atoms with Crippen LogP contribution < -0.4 is 0 Å². The Morgan fingerprint density at radius 2 is 0.491 bits per heavy atom. The first-order valence-electron chi connectivity index (χ1n) is 22.5. The lowest BCUT2D eigenvalue weighted by Crippen LogP contribution is -2.15. The number of hydrogen-bond donors (Lipinski definition) is 0. The van der Waals surface area contributed by atoms with Crippen molar-refractivity contribution in [1.29, 1.82) is 0 Å². The van der Waals surface area contributed by atoms with Gasteiger partial charge in [0.2, 0.25) is 0 Å². The summed E-state index contributed by atoms with van der Waals surface area (Å²) >= 11 is 0. The molecule has 0 saturated heterocycles. The Balaban J connectivity index is 3.10. The van der Waals surface area contributed by atoms with Crippen LogP contribution in [-0.4, -0.2) is 105 Å². The van der Waals surface area contributed by atoms with Gasteiger partial charge >= 0.3 is 5.97 Å². The van der Waals surface area contributed by atoms with Crippen molar-refractivity contribution in [3.8, 4) is 0 Å². The average Bonchev–Trinajstić information content (AvgIpc) is 3.16. The molecular weight excluding hydrogens is 672 g/mol. The van der Waals surface area contributed by atoms with E-state index >= 15 is 0 Å². The Bertz CT molecular complexity index is 667. The molecule has 0 aliphatic heterocycles. The molecule has 0 spiro atoms. The molecule has 0 atom stereocenters. The van der Waals surface area contributed by atoms with E-state index in [-0.39, 0.29) is 5.97 Å². The number of hydrogen-bond acceptors (Lipinski definition) is 9. The van der Waals surface area contributed by atoms with Crippen LogP contribution in [0.25, 0.3) is 0 Å². The van der Waals surface area contributed by atoms with Gasteiger partial charge in [0.15, 0.2) is 0 Å². The molecule has 0 unspecified atom stereocenters. The van der Waals surface area contributed by atoms with Gasteiger partial charge in [-0.05, 0) is 12.8 Å². The lowest BCUT2D eigenvalue weighted by molar-refractivity contribution is -0.145. The second-order valence-electron chi connectivity index (χ2n) is 14.4. The summed E-state index contributed by atoms with van der Waals surface area (Å²) in [7, 11) is 0. The minimum absolute atomic E-state index is 0.126. The van der Waals surface area contributed by atoms with Gasteiger partial charge in [-0.1, -0.05) is 162 Å². The number of esters is 1. The van der Waals surface area contributed by atoms with E-state index in [0.717, 1.165) is 25.9 Å². The lowest BCUT2D eigenvalue weighted by atomic mass is 10.0. The fraction of sp³-hybridized carbons (Fsp3) is 0.977. The smallest absolute Gasteiger partial charge is 0.305 e. The molecule has 9 heteroatoms. The molecule has 0 radical (unpaired) electrons. The zero-order valence-electron chi connectivity index (χ0n) is 35.2. The second-order valence-corrected chi connectivity index (χ2v) is 14.4. The van der Waals surface area contributed by atoms with Crippen LogP contribution in [0.5, 0.6) is 0 Å². The SMILES string of the molecule is CCCCCCCCCCCCCCCCCCOCCOCCOCCOCCOCCOCCOCCOC(=O)CCCCCCCCCCC. The number of carbonyl (C=O) groups is 1. The highest BCUT2D eigenvalue weighted by Gasteiger charge is 2.03. The van der Waals surface area contributed by atoms with Crippen LogP contribution in [-0.2, 0) is 42.7 Å². The molecule has 0 rings (SSSR count). The van der Waals surface area contributed by atoms with Gasteiger partial charge in [-0.25, -0.2) is 0 Å². The highest BCUT2D eigenvalue weighted by Crippen LogP contribution is 2.14. The Kier molecular flexibility index (Phi) is 48.5. The van der Waals surface area contributed by atoms with Gasteiger partial charge < -0.3 is 37.9 Å². The minimum Gasteiger partial charge on any atom is -0.463 e. The molecule has 9 nitrogen and oxygen atoms in total. The zero-order chi connectivity index (χ0) is 38.2. The van der Waals surface area contributed by atoms with Crippen molar-refractivity contribution in [1.82, 2.24) is 0 Å². The molecule has 0 fully saturated rings. The highest BCUT2D eigenvalue weighted by atomic mass is 16.6. The fourth-order valence-electron chi connectivity index (χ4n) is 6.04. The highest BCUT2D eigenvalue weighted by molar-refractivity contribution is 5.69. The van der Waals surface area contributed by atoms with Crippen LogP contribution >= 0.6 is 0 Å². The van der Waals surface area contributed by atoms with Crippen LogP contribution in [0, 0.1) is 0 Å². The first-order chi connectivity index (χ1) is 26.3. The molecular formula is C44H88O9. The topological polar surface area (TPSA) is 90.9 Å². The molecule has 0 aromatic rings. The lowest BCUT2D eigenvalue weighted by Gasteiger charge is -2.09. The van der Waals surface area contributed by atoms with Gasteiger partial charge in [0.05, 0.1) is 85.9 Å². The molecule has 0 bridgehead atoms. The number of ether oxygens (including phenoxy) is 8. The molecule has 0 aliphatic carbocycles. The van der Waals surface area contributed by atoms with Crippen LogP contribution in [0.4, 0.5) is 0 Å². The maximum Gasteiger partial charge on any atom is 0.305 e. The van der Waals surface area contributed by atoms with Crippen molar-refractivity contribution in [3.63, 3.8) is 0 Å². The van der Waals surface area contributed by atoms with E-state index in [2.05, 4.69) is 13.8 Å². The maximum atomic E-state index is 11.8. The number of carbonyl (C=O) groups excluding carboxylic acids is 1. The molecule has 0 N–H and O–H groups in total. The third-order valence-electron chi connectivity index (χ3n) is 9.35. The molecule has 53 heavy (non-hydrogen) atoms. The monoisotopic (exact) mass is 761 g/mol. The van der Waals surface area contributed by atoms with Gasteiger partial charge in [0.25, 0.3) is 0 Å². The Hall–Kier alpha value is -0.810. The first kappa shape index (κ1) is 52.2. The van der Waals surface area contributed by atoms with Crippen molar-refractivity contribution in [3.05, 3.63) is 0 Å². The normalized spacial score (nSPS) is 11.5. The van der Waals surface area contributed by atoms with Gasteiger partial charge in [0.1, 0.15) is 6.61 Å². The van der Waals surface area contributed by atoms with E-state index in [9.17, 15) is 4.79 Å². The second kappa shape index (κ2) is 49.2. The van der Waals surface area contributed by atoms with Crippen molar-refractivity contribution in [2.75, 3.05) is 99.1 Å². The summed E-state index contributed by atoms with van der Waals surface area (Å²) in [6.45, 7) is 12.6. The summed E-state index contributed by atoms with van der Waals surface area (Å²) in [5, 5.41) is 0. The third-order valence-corrected chi connectivity index (χ3v) is 9.35. The minimum atomic E-state index is -0.126. The van der Waals surface area contributed by atoms with E-state index in [4.69, 9.17) is 37.9 Å². The van der Waals surface area contributed by atoms with Crippen LogP contribution in [0.2, 0.25) is 0 Å². The maximum absolute atomic E-state index is 11.8. The fourth-order valence-corrected chi connectivity index (χ4v) is 6.04. The van der Waals surface area contributed by atoms with Crippen molar-refractivity contribution < 1.29 is 42.7 Å². The quantitative estimate of drug-likeness (QED) is 0.0444. The number of unbranched alkanes of at least 4 members (excludes halogenated alkanes) is 23. The predicted molar refractivity (Wildman–Crippen MR) is 218 cm³/mol. The van der Waals surface area contributed by atoms with Gasteiger partial charge in [-0.15, -0.1) is 0 Å². The van der Waals surface area contributed by atoms with Crippen LogP contribution in [0.15, 0.2) is 0 Å². The number of rotatable bonds is 48. The zero-order valence-corrected chi connectivity index (χ0v) is 35.2. The van der Waals surface area contributed by atoms with E-state index in [1.807, 2.05) is 0 Å². The van der Waals surface area contributed by atoms with E-state index in [1.165, 1.54) is 141 Å². The molecule has 0 aromatic carbocycles. The van der Waals surface area contributed by atoms with Crippen molar-refractivity contribution >= 4 is 5.97 Å². The Morgan fingerprint density at radius 1 is 0.264 bits per heavy atom. The molecule has 0 amide bonds. The average molecular weight is 761 g/mol. The first-order valence-corrected chi connectivity index (χ1v) is 22.5. The van der Waals surface area contributed by atoms with Gasteiger partial charge in [0, 0.05) is 13.0 Å². The van der Waals surface area contributed by atoms with Crippen LogP contribution in [0.3, 0.4) is 0 Å². The summed E-state index contributed by atoms with van der Waals surface area (Å²) < 4.78 is 44.1. The van der Waals surface area contributed by atoms with E-state index in [1.54, 1.807) is 0 Å². The van der Waals surface area contributed by atoms with Crippen LogP contribution in [0.1, 0.15) is 181 Å². The van der Waals surface area contributed by atoms with Gasteiger partial charge in [-0.3, -0.25) is 4.79 Å². The Morgan fingerprint density at radius 3 is 0.792 bits per heavy atom. The predicted octanol–water partition coefficient (Wildman–Crippen LogP) is 10.8. The summed E-state index contributed by atoms with van der Waals surface area (Å²) in [5.41, 5.74) is 0. The summed E-state index contributed by atoms with van der Waals surface area (Å²) in [6, 6.07) is 0. The summed E-state index contributed by atoms with van der Waals surface area (Å²) in [5.74, 6) is -0.126. The van der Waals surface area contributed by atoms with Gasteiger partial charge in [-0.2, -0.15) is 0 Å². The van der Waals surface area contributed by atoms with E-state index in [0.29, 0.717) is 98.9 Å². The largest absolute Gasteiger partial charge is 0.463 e. The molecule has 318 valence electrons. The third kappa shape index (κ3) is 49.2. The molecule has 0 aromatic heterocycles. The Labute approximate surface area is 328 Å².